The fourth-order valence-corrected chi connectivity index (χ4v) is 2.97. The zero-order valence-electron chi connectivity index (χ0n) is 16.7. The maximum absolute atomic E-state index is 5.93. The molecule has 0 N–H and O–H groups in total. The van der Waals surface area contributed by atoms with Crippen molar-refractivity contribution in [2.75, 3.05) is 21.3 Å². The molecule has 27 heavy (non-hydrogen) atoms. The third-order valence-corrected chi connectivity index (χ3v) is 4.73. The average molecular weight is 370 g/mol. The second-order valence-corrected chi connectivity index (χ2v) is 6.64. The first kappa shape index (κ1) is 19.0. The van der Waals surface area contributed by atoms with Crippen molar-refractivity contribution < 1.29 is 13.9 Å². The van der Waals surface area contributed by atoms with E-state index < -0.39 is 0 Å². The Labute approximate surface area is 159 Å². The summed E-state index contributed by atoms with van der Waals surface area (Å²) >= 11 is 0. The van der Waals surface area contributed by atoms with Gasteiger partial charge in [-0.25, -0.2) is 4.98 Å². The molecule has 1 aromatic carbocycles. The van der Waals surface area contributed by atoms with E-state index in [1.54, 1.807) is 14.2 Å². The van der Waals surface area contributed by atoms with Crippen LogP contribution in [0.4, 0.5) is 0 Å². The van der Waals surface area contributed by atoms with E-state index in [0.29, 0.717) is 18.2 Å². The summed E-state index contributed by atoms with van der Waals surface area (Å²) in [5.41, 5.74) is 4.05. The highest BCUT2D eigenvalue weighted by atomic mass is 16.5. The Hall–Kier alpha value is -2.80. The Bertz CT molecular complexity index is 929. The molecule has 0 saturated heterocycles. The summed E-state index contributed by atoms with van der Waals surface area (Å²) in [5.74, 6) is 2.75. The predicted octanol–water partition coefficient (Wildman–Crippen LogP) is 3.34. The van der Waals surface area contributed by atoms with Gasteiger partial charge in [-0.05, 0) is 39.1 Å². The highest BCUT2D eigenvalue weighted by Gasteiger charge is 2.18. The van der Waals surface area contributed by atoms with Gasteiger partial charge in [0.2, 0.25) is 5.89 Å². The minimum atomic E-state index is 0.532. The maximum Gasteiger partial charge on any atom is 0.230 e. The minimum Gasteiger partial charge on any atom is -0.497 e. The zero-order chi connectivity index (χ0) is 19.6. The number of oxazole rings is 1. The SMILES string of the molecule is COc1ccc(OC)c(-c2nc(CN(C)Cc3cnn(C)c3C)c(C)o2)c1. The lowest BCUT2D eigenvalue weighted by atomic mass is 10.2. The van der Waals surface area contributed by atoms with Gasteiger partial charge in [0, 0.05) is 31.4 Å². The van der Waals surface area contributed by atoms with Gasteiger partial charge in [-0.1, -0.05) is 0 Å². The molecule has 0 radical (unpaired) electrons. The first-order valence-corrected chi connectivity index (χ1v) is 8.77. The molecule has 0 aliphatic rings. The molecule has 0 unspecified atom stereocenters. The maximum atomic E-state index is 5.93. The van der Waals surface area contributed by atoms with Crippen molar-refractivity contribution in [3.8, 4) is 23.0 Å². The molecule has 3 aromatic rings. The Morgan fingerprint density at radius 3 is 2.56 bits per heavy atom. The highest BCUT2D eigenvalue weighted by Crippen LogP contribution is 2.34. The lowest BCUT2D eigenvalue weighted by Crippen LogP contribution is -2.18. The van der Waals surface area contributed by atoms with Crippen molar-refractivity contribution in [2.24, 2.45) is 7.05 Å². The van der Waals surface area contributed by atoms with E-state index in [2.05, 4.69) is 24.0 Å². The van der Waals surface area contributed by atoms with Crippen molar-refractivity contribution in [3.05, 3.63) is 47.1 Å². The number of ether oxygens (including phenoxy) is 2. The topological polar surface area (TPSA) is 65.6 Å². The van der Waals surface area contributed by atoms with Crippen LogP contribution in [0.25, 0.3) is 11.5 Å². The number of hydrogen-bond donors (Lipinski definition) is 0. The molecule has 2 aromatic heterocycles. The highest BCUT2D eigenvalue weighted by molar-refractivity contribution is 5.65. The lowest BCUT2D eigenvalue weighted by Gasteiger charge is -2.15. The molecular weight excluding hydrogens is 344 g/mol. The number of nitrogens with zero attached hydrogens (tertiary/aromatic N) is 4. The largest absolute Gasteiger partial charge is 0.497 e. The van der Waals surface area contributed by atoms with Crippen LogP contribution >= 0.6 is 0 Å². The van der Waals surface area contributed by atoms with Crippen LogP contribution < -0.4 is 9.47 Å². The summed E-state index contributed by atoms with van der Waals surface area (Å²) in [6.45, 7) is 5.48. The molecule has 0 saturated carbocycles. The average Bonchev–Trinajstić information content (AvgIpc) is 3.18. The summed E-state index contributed by atoms with van der Waals surface area (Å²) in [5, 5.41) is 4.30. The van der Waals surface area contributed by atoms with Crippen LogP contribution in [0.15, 0.2) is 28.8 Å². The van der Waals surface area contributed by atoms with E-state index in [9.17, 15) is 0 Å². The van der Waals surface area contributed by atoms with E-state index in [-0.39, 0.29) is 0 Å². The number of benzene rings is 1. The van der Waals surface area contributed by atoms with Gasteiger partial charge >= 0.3 is 0 Å². The number of hydrogen-bond acceptors (Lipinski definition) is 6. The van der Waals surface area contributed by atoms with Crippen LogP contribution in [0, 0.1) is 13.8 Å². The minimum absolute atomic E-state index is 0.532. The fraction of sp³-hybridized carbons (Fsp3) is 0.400. The first-order valence-electron chi connectivity index (χ1n) is 8.77. The molecule has 0 aliphatic carbocycles. The number of aryl methyl sites for hydroxylation is 2. The van der Waals surface area contributed by atoms with Crippen LogP contribution in [-0.2, 0) is 20.1 Å². The molecule has 7 nitrogen and oxygen atoms in total. The van der Waals surface area contributed by atoms with Crippen molar-refractivity contribution >= 4 is 0 Å². The van der Waals surface area contributed by atoms with Gasteiger partial charge in [0.25, 0.3) is 0 Å². The summed E-state index contributed by atoms with van der Waals surface area (Å²) in [7, 11) is 7.28. The van der Waals surface area contributed by atoms with Crippen molar-refractivity contribution in [2.45, 2.75) is 26.9 Å². The summed E-state index contributed by atoms with van der Waals surface area (Å²) in [6.07, 6.45) is 1.91. The summed E-state index contributed by atoms with van der Waals surface area (Å²) < 4.78 is 18.6. The summed E-state index contributed by atoms with van der Waals surface area (Å²) in [6, 6.07) is 5.57. The standard InChI is InChI=1S/C20H26N4O3/c1-13-15(10-21-24(13)4)11-23(3)12-18-14(2)27-20(22-18)17-9-16(25-5)7-8-19(17)26-6/h7-10H,11-12H2,1-6H3. The van der Waals surface area contributed by atoms with Crippen molar-refractivity contribution in [3.63, 3.8) is 0 Å². The smallest absolute Gasteiger partial charge is 0.230 e. The van der Waals surface area contributed by atoms with E-state index >= 15 is 0 Å². The molecular formula is C20H26N4O3. The predicted molar refractivity (Wildman–Crippen MR) is 103 cm³/mol. The number of methoxy groups -OCH3 is 2. The first-order chi connectivity index (χ1) is 12.9. The molecule has 0 amide bonds. The van der Waals surface area contributed by atoms with Gasteiger partial charge in [-0.3, -0.25) is 9.58 Å². The molecule has 0 aliphatic heterocycles. The third-order valence-electron chi connectivity index (χ3n) is 4.73. The second-order valence-electron chi connectivity index (χ2n) is 6.64. The molecule has 0 fully saturated rings. The Morgan fingerprint density at radius 2 is 1.93 bits per heavy atom. The van der Waals surface area contributed by atoms with Gasteiger partial charge in [-0.2, -0.15) is 5.10 Å². The van der Waals surface area contributed by atoms with Crippen molar-refractivity contribution in [1.29, 1.82) is 0 Å². The Kier molecular flexibility index (Phi) is 5.51. The van der Waals surface area contributed by atoms with Crippen LogP contribution in [0.3, 0.4) is 0 Å². The van der Waals surface area contributed by atoms with Gasteiger partial charge in [0.15, 0.2) is 0 Å². The molecule has 3 rings (SSSR count). The fourth-order valence-electron chi connectivity index (χ4n) is 2.97. The number of rotatable bonds is 7. The molecule has 0 bridgehead atoms. The summed E-state index contributed by atoms with van der Waals surface area (Å²) in [4.78, 5) is 6.90. The Morgan fingerprint density at radius 1 is 1.15 bits per heavy atom. The Balaban J connectivity index is 1.81. The van der Waals surface area contributed by atoms with Gasteiger partial charge in [0.05, 0.1) is 31.7 Å². The molecule has 144 valence electrons. The van der Waals surface area contributed by atoms with Crippen LogP contribution in [0.5, 0.6) is 11.5 Å². The van der Waals surface area contributed by atoms with Crippen LogP contribution in [0.1, 0.15) is 22.7 Å². The van der Waals surface area contributed by atoms with Crippen LogP contribution in [-0.4, -0.2) is 40.9 Å². The molecule has 0 spiro atoms. The van der Waals surface area contributed by atoms with E-state index in [1.807, 2.05) is 43.0 Å². The molecule has 2 heterocycles. The van der Waals surface area contributed by atoms with Gasteiger partial charge in [-0.15, -0.1) is 0 Å². The lowest BCUT2D eigenvalue weighted by molar-refractivity contribution is 0.312. The van der Waals surface area contributed by atoms with Gasteiger partial charge in [0.1, 0.15) is 17.3 Å². The van der Waals surface area contributed by atoms with E-state index in [4.69, 9.17) is 18.9 Å². The van der Waals surface area contributed by atoms with E-state index in [1.165, 1.54) is 11.3 Å². The third kappa shape index (κ3) is 3.98. The molecule has 7 heteroatoms. The van der Waals surface area contributed by atoms with E-state index in [0.717, 1.165) is 29.3 Å². The normalized spacial score (nSPS) is 11.2. The monoisotopic (exact) mass is 370 g/mol. The molecule has 0 atom stereocenters. The number of aromatic nitrogens is 3. The quantitative estimate of drug-likeness (QED) is 0.635. The van der Waals surface area contributed by atoms with Crippen LogP contribution in [0.2, 0.25) is 0 Å². The second kappa shape index (κ2) is 7.84. The zero-order valence-corrected chi connectivity index (χ0v) is 16.7. The van der Waals surface area contributed by atoms with Gasteiger partial charge < -0.3 is 13.9 Å². The van der Waals surface area contributed by atoms with Crippen molar-refractivity contribution in [1.82, 2.24) is 19.7 Å².